The van der Waals surface area contributed by atoms with Crippen LogP contribution >= 0.6 is 0 Å². The van der Waals surface area contributed by atoms with Crippen LogP contribution in [0.2, 0.25) is 0 Å². The summed E-state index contributed by atoms with van der Waals surface area (Å²) < 4.78 is 102. The first-order valence-corrected chi connectivity index (χ1v) is 9.70. The molecule has 1 saturated heterocycles. The van der Waals surface area contributed by atoms with E-state index in [1.165, 1.54) is 12.3 Å². The number of anilines is 1. The largest absolute Gasteiger partial charge is 0.419 e. The standard InChI is InChI=1S/C20H17F7N4O3/c1-18(20(25,26)27)13(33)17(31-5-4-9-15(28)29-7-30-16(9)31)34-14(18)12(32)8-2-3-10(11(21)6-8)19(22,23)24/h2-7,12-14,17,32-33H,1H3,(H2,28,29,30)/t12-,13+,14-,17-,18-/m1/s1. The van der Waals surface area contributed by atoms with E-state index in [2.05, 4.69) is 9.97 Å². The summed E-state index contributed by atoms with van der Waals surface area (Å²) in [6.45, 7) is 0.598. The summed E-state index contributed by atoms with van der Waals surface area (Å²) in [4.78, 5) is 7.71. The predicted molar refractivity (Wildman–Crippen MR) is 102 cm³/mol. The van der Waals surface area contributed by atoms with Crippen LogP contribution in [0, 0.1) is 11.2 Å². The molecule has 0 aliphatic carbocycles. The van der Waals surface area contributed by atoms with Crippen LogP contribution in [0.4, 0.5) is 36.6 Å². The van der Waals surface area contributed by atoms with Gasteiger partial charge < -0.3 is 25.3 Å². The van der Waals surface area contributed by atoms with Crippen LogP contribution in [0.3, 0.4) is 0 Å². The smallest absolute Gasteiger partial charge is 0.387 e. The summed E-state index contributed by atoms with van der Waals surface area (Å²) in [7, 11) is 0. The highest BCUT2D eigenvalue weighted by Crippen LogP contribution is 2.56. The third-order valence-electron chi connectivity index (χ3n) is 6.11. The van der Waals surface area contributed by atoms with Crippen molar-refractivity contribution in [1.29, 1.82) is 0 Å². The first-order valence-electron chi connectivity index (χ1n) is 9.70. The monoisotopic (exact) mass is 494 g/mol. The van der Waals surface area contributed by atoms with E-state index in [1.54, 1.807) is 0 Å². The van der Waals surface area contributed by atoms with E-state index in [9.17, 15) is 40.9 Å². The van der Waals surface area contributed by atoms with Gasteiger partial charge in [-0.15, -0.1) is 0 Å². The summed E-state index contributed by atoms with van der Waals surface area (Å²) in [5, 5.41) is 21.7. The molecule has 4 rings (SSSR count). The number of ether oxygens (including phenoxy) is 1. The Kier molecular flexibility index (Phi) is 5.53. The van der Waals surface area contributed by atoms with Gasteiger partial charge in [-0.2, -0.15) is 26.3 Å². The van der Waals surface area contributed by atoms with E-state index < -0.39 is 59.3 Å². The first kappa shape index (κ1) is 24.2. The Balaban J connectivity index is 1.78. The fourth-order valence-corrected chi connectivity index (χ4v) is 4.10. The quantitative estimate of drug-likeness (QED) is 0.480. The third kappa shape index (κ3) is 3.56. The van der Waals surface area contributed by atoms with E-state index in [4.69, 9.17) is 10.5 Å². The number of hydrogen-bond acceptors (Lipinski definition) is 6. The van der Waals surface area contributed by atoms with Crippen molar-refractivity contribution in [3.05, 3.63) is 53.7 Å². The molecule has 14 heteroatoms. The van der Waals surface area contributed by atoms with Crippen LogP contribution in [-0.2, 0) is 10.9 Å². The van der Waals surface area contributed by atoms with Gasteiger partial charge >= 0.3 is 12.4 Å². The van der Waals surface area contributed by atoms with E-state index in [1.807, 2.05) is 0 Å². The molecule has 0 radical (unpaired) electrons. The van der Waals surface area contributed by atoms with Gasteiger partial charge in [0.2, 0.25) is 0 Å². The number of rotatable bonds is 3. The van der Waals surface area contributed by atoms with E-state index >= 15 is 0 Å². The molecule has 1 fully saturated rings. The normalized spacial score (nSPS) is 26.8. The lowest BCUT2D eigenvalue weighted by Crippen LogP contribution is -2.51. The number of hydrogen-bond donors (Lipinski definition) is 3. The van der Waals surface area contributed by atoms with Gasteiger partial charge in [-0.25, -0.2) is 14.4 Å². The molecule has 3 aromatic rings. The van der Waals surface area contributed by atoms with Gasteiger partial charge in [0.05, 0.1) is 10.9 Å². The molecule has 2 aromatic heterocycles. The molecule has 4 N–H and O–H groups in total. The molecule has 0 unspecified atom stereocenters. The lowest BCUT2D eigenvalue weighted by atomic mass is 9.76. The summed E-state index contributed by atoms with van der Waals surface area (Å²) >= 11 is 0. The zero-order chi connectivity index (χ0) is 25.2. The molecular weight excluding hydrogens is 477 g/mol. The SMILES string of the molecule is C[C@]1(C(F)(F)F)[C@@H]([C@H](O)c2ccc(C(F)(F)F)c(F)c2)O[C@@H](n2ccc3c(N)ncnc32)[C@@H]1O. The Bertz CT molecular complexity index is 1230. The van der Waals surface area contributed by atoms with Gasteiger partial charge in [0.25, 0.3) is 0 Å². The van der Waals surface area contributed by atoms with Gasteiger partial charge in [0.1, 0.15) is 47.3 Å². The molecule has 3 heterocycles. The number of alkyl halides is 6. The lowest BCUT2D eigenvalue weighted by molar-refractivity contribution is -0.261. The summed E-state index contributed by atoms with van der Waals surface area (Å²) in [6.07, 6.45) is -16.4. The average Bonchev–Trinajstić information content (AvgIpc) is 3.27. The number of nitrogen functional groups attached to an aromatic ring is 1. The average molecular weight is 494 g/mol. The number of benzene rings is 1. The molecule has 1 aromatic carbocycles. The molecule has 0 amide bonds. The number of aliphatic hydroxyl groups excluding tert-OH is 2. The highest BCUT2D eigenvalue weighted by molar-refractivity contribution is 5.86. The third-order valence-corrected chi connectivity index (χ3v) is 6.11. The van der Waals surface area contributed by atoms with E-state index in [-0.39, 0.29) is 22.9 Å². The summed E-state index contributed by atoms with van der Waals surface area (Å²) in [5.74, 6) is -1.76. The topological polar surface area (TPSA) is 106 Å². The molecule has 1 aliphatic heterocycles. The van der Waals surface area contributed by atoms with Crippen molar-refractivity contribution in [2.24, 2.45) is 5.41 Å². The fourth-order valence-electron chi connectivity index (χ4n) is 4.10. The van der Waals surface area contributed by atoms with Crippen LogP contribution < -0.4 is 5.73 Å². The minimum absolute atomic E-state index is 0.0200. The second-order valence-corrected chi connectivity index (χ2v) is 8.07. The van der Waals surface area contributed by atoms with E-state index in [0.717, 1.165) is 10.9 Å². The Labute approximate surface area is 186 Å². The lowest BCUT2D eigenvalue weighted by Gasteiger charge is -2.36. The molecule has 184 valence electrons. The number of fused-ring (bicyclic) bond motifs is 1. The molecule has 34 heavy (non-hydrogen) atoms. The molecule has 1 aliphatic rings. The maximum absolute atomic E-state index is 14.2. The highest BCUT2D eigenvalue weighted by atomic mass is 19.4. The molecular formula is C20H17F7N4O3. The minimum atomic E-state index is -5.14. The van der Waals surface area contributed by atoms with E-state index in [0.29, 0.717) is 19.1 Å². The zero-order valence-corrected chi connectivity index (χ0v) is 17.1. The molecule has 0 saturated carbocycles. The second-order valence-electron chi connectivity index (χ2n) is 8.07. The molecule has 7 nitrogen and oxygen atoms in total. The van der Waals surface area contributed by atoms with Crippen molar-refractivity contribution >= 4 is 16.9 Å². The van der Waals surface area contributed by atoms with Crippen LogP contribution in [0.25, 0.3) is 11.0 Å². The van der Waals surface area contributed by atoms with Crippen LogP contribution in [0.5, 0.6) is 0 Å². The van der Waals surface area contributed by atoms with Crippen molar-refractivity contribution < 1.29 is 45.7 Å². The Morgan fingerprint density at radius 1 is 1.15 bits per heavy atom. The number of aliphatic hydroxyl groups is 2. The van der Waals surface area contributed by atoms with Crippen molar-refractivity contribution in [1.82, 2.24) is 14.5 Å². The molecule has 5 atom stereocenters. The fraction of sp³-hybridized carbons (Fsp3) is 0.400. The van der Waals surface area contributed by atoms with Crippen molar-refractivity contribution in [2.45, 2.75) is 43.8 Å². The number of halogens is 7. The van der Waals surface area contributed by atoms with Crippen molar-refractivity contribution in [3.8, 4) is 0 Å². The van der Waals surface area contributed by atoms with Crippen molar-refractivity contribution in [2.75, 3.05) is 5.73 Å². The molecule has 0 bridgehead atoms. The summed E-state index contributed by atoms with van der Waals surface area (Å²) in [5.41, 5.74) is 0.419. The second kappa shape index (κ2) is 7.78. The zero-order valence-electron chi connectivity index (χ0n) is 17.1. The number of nitrogens with two attached hydrogens (primary N) is 1. The number of nitrogens with zero attached hydrogens (tertiary/aromatic N) is 3. The van der Waals surface area contributed by atoms with Crippen LogP contribution in [-0.4, -0.2) is 43.1 Å². The van der Waals surface area contributed by atoms with Crippen LogP contribution in [0.1, 0.15) is 30.4 Å². The Morgan fingerprint density at radius 3 is 2.41 bits per heavy atom. The van der Waals surface area contributed by atoms with Gasteiger partial charge in [-0.1, -0.05) is 6.07 Å². The molecule has 0 spiro atoms. The highest BCUT2D eigenvalue weighted by Gasteiger charge is 2.69. The Hall–Kier alpha value is -2.97. The maximum Gasteiger partial charge on any atom is 0.419 e. The van der Waals surface area contributed by atoms with Gasteiger partial charge in [0, 0.05) is 6.20 Å². The maximum atomic E-state index is 14.2. The van der Waals surface area contributed by atoms with Gasteiger partial charge in [0.15, 0.2) is 6.23 Å². The van der Waals surface area contributed by atoms with Crippen LogP contribution in [0.15, 0.2) is 36.8 Å². The first-order chi connectivity index (χ1) is 15.7. The number of aromatic nitrogens is 3. The van der Waals surface area contributed by atoms with Crippen molar-refractivity contribution in [3.63, 3.8) is 0 Å². The summed E-state index contributed by atoms with van der Waals surface area (Å²) in [6, 6.07) is 2.63. The minimum Gasteiger partial charge on any atom is -0.387 e. The predicted octanol–water partition coefficient (Wildman–Crippen LogP) is 3.73. The Morgan fingerprint density at radius 2 is 1.82 bits per heavy atom. The van der Waals surface area contributed by atoms with Gasteiger partial charge in [-0.05, 0) is 30.7 Å². The van der Waals surface area contributed by atoms with Gasteiger partial charge in [-0.3, -0.25) is 0 Å².